The summed E-state index contributed by atoms with van der Waals surface area (Å²) in [6.07, 6.45) is -0.298. The van der Waals surface area contributed by atoms with Crippen LogP contribution in [0, 0.1) is 5.41 Å². The van der Waals surface area contributed by atoms with E-state index < -0.39 is 57.1 Å². The summed E-state index contributed by atoms with van der Waals surface area (Å²) in [6.45, 7) is -1.62. The third kappa shape index (κ3) is 3.30. The van der Waals surface area contributed by atoms with Gasteiger partial charge in [0.15, 0.2) is 15.2 Å². The lowest BCUT2D eigenvalue weighted by atomic mass is 9.86. The molecule has 2 saturated heterocycles. The van der Waals surface area contributed by atoms with Gasteiger partial charge in [0.05, 0.1) is 19.6 Å². The van der Waals surface area contributed by atoms with E-state index in [1.54, 1.807) is 30.3 Å². The number of hydrogen-bond donors (Lipinski definition) is 4. The Bertz CT molecular complexity index is 890. The third-order valence-corrected chi connectivity index (χ3v) is 7.30. The Labute approximate surface area is 160 Å². The number of rotatable bonds is 6. The average molecular weight is 413 g/mol. The van der Waals surface area contributed by atoms with E-state index in [1.807, 2.05) is 5.48 Å². The summed E-state index contributed by atoms with van der Waals surface area (Å²) >= 11 is 0. The summed E-state index contributed by atoms with van der Waals surface area (Å²) in [7, 11) is -4.30. The number of carbonyl (C=O) groups excluding carboxylic acids is 2. The van der Waals surface area contributed by atoms with Gasteiger partial charge in [-0.25, -0.2) is 18.7 Å². The van der Waals surface area contributed by atoms with Gasteiger partial charge >= 0.3 is 12.0 Å². The van der Waals surface area contributed by atoms with Gasteiger partial charge in [-0.1, -0.05) is 30.3 Å². The van der Waals surface area contributed by atoms with E-state index in [1.165, 1.54) is 0 Å². The van der Waals surface area contributed by atoms with Gasteiger partial charge in [-0.05, 0) is 5.56 Å². The molecule has 2 unspecified atom stereocenters. The molecule has 2 aliphatic rings. The highest BCUT2D eigenvalue weighted by Gasteiger charge is 2.65. The van der Waals surface area contributed by atoms with E-state index in [2.05, 4.69) is 5.32 Å². The Kier molecular flexibility index (Phi) is 5.28. The van der Waals surface area contributed by atoms with E-state index in [-0.39, 0.29) is 13.0 Å². The Morgan fingerprint density at radius 1 is 1.29 bits per heavy atom. The molecule has 0 aromatic heterocycles. The van der Waals surface area contributed by atoms with Crippen LogP contribution in [-0.2, 0) is 30.9 Å². The lowest BCUT2D eigenvalue weighted by Crippen LogP contribution is -2.75. The van der Waals surface area contributed by atoms with Crippen molar-refractivity contribution < 1.29 is 37.9 Å². The molecule has 0 saturated carbocycles. The van der Waals surface area contributed by atoms with Crippen molar-refractivity contribution in [2.45, 2.75) is 23.8 Å². The van der Waals surface area contributed by atoms with Gasteiger partial charge in [-0.3, -0.25) is 14.4 Å². The number of urea groups is 1. The van der Waals surface area contributed by atoms with Gasteiger partial charge in [0.25, 0.3) is 0 Å². The number of carboxylic acids is 1. The first-order chi connectivity index (χ1) is 13.2. The van der Waals surface area contributed by atoms with Crippen molar-refractivity contribution in [3.63, 3.8) is 0 Å². The lowest BCUT2D eigenvalue weighted by molar-refractivity contribution is -0.161. The minimum atomic E-state index is -4.30. The van der Waals surface area contributed by atoms with E-state index in [4.69, 9.17) is 4.84 Å². The van der Waals surface area contributed by atoms with Gasteiger partial charge in [0, 0.05) is 6.54 Å². The molecule has 0 spiro atoms. The van der Waals surface area contributed by atoms with Gasteiger partial charge < -0.3 is 20.4 Å². The number of β-lactam (4-membered cyclic amide) rings is 1. The summed E-state index contributed by atoms with van der Waals surface area (Å²) in [4.78, 5) is 41.5. The SMILES string of the molecule is O=C(NOCc1ccccc1)NC1C(CO)(C(=O)O)CN2C(=O)C[C@H]2S1(=O)=O. The molecule has 0 bridgehead atoms. The number of amides is 3. The molecule has 2 aliphatic heterocycles. The second-order valence-electron chi connectivity index (χ2n) is 6.62. The predicted octanol–water partition coefficient (Wildman–Crippen LogP) is -1.21. The van der Waals surface area contributed by atoms with Crippen LogP contribution in [-0.4, -0.2) is 65.3 Å². The van der Waals surface area contributed by atoms with Crippen LogP contribution in [0.2, 0.25) is 0 Å². The van der Waals surface area contributed by atoms with Crippen LogP contribution in [0.15, 0.2) is 30.3 Å². The molecular weight excluding hydrogens is 394 g/mol. The number of nitrogens with one attached hydrogen (secondary N) is 2. The molecule has 2 fully saturated rings. The molecule has 0 aliphatic carbocycles. The van der Waals surface area contributed by atoms with E-state index >= 15 is 0 Å². The first kappa shape index (κ1) is 20.0. The minimum absolute atomic E-state index is 0.000649. The van der Waals surface area contributed by atoms with Crippen molar-refractivity contribution in [3.8, 4) is 0 Å². The highest BCUT2D eigenvalue weighted by molar-refractivity contribution is 7.92. The smallest absolute Gasteiger partial charge is 0.339 e. The molecule has 11 nitrogen and oxygen atoms in total. The second-order valence-corrected chi connectivity index (χ2v) is 8.81. The fraction of sp³-hybridized carbons (Fsp3) is 0.438. The van der Waals surface area contributed by atoms with Crippen molar-refractivity contribution in [2.75, 3.05) is 13.2 Å². The van der Waals surface area contributed by atoms with Gasteiger partial charge in [0.1, 0.15) is 10.8 Å². The number of nitrogens with zero attached hydrogens (tertiary/aromatic N) is 1. The van der Waals surface area contributed by atoms with E-state index in [9.17, 15) is 33.0 Å². The maximum absolute atomic E-state index is 12.8. The average Bonchev–Trinajstić information content (AvgIpc) is 2.65. The fourth-order valence-electron chi connectivity index (χ4n) is 3.28. The molecule has 4 N–H and O–H groups in total. The lowest BCUT2D eigenvalue weighted by Gasteiger charge is -2.52. The maximum Gasteiger partial charge on any atom is 0.339 e. The second kappa shape index (κ2) is 7.37. The number of hydrogen-bond acceptors (Lipinski definition) is 7. The number of sulfone groups is 1. The molecule has 12 heteroatoms. The van der Waals surface area contributed by atoms with Crippen LogP contribution in [0.25, 0.3) is 0 Å². The molecule has 3 amide bonds. The predicted molar refractivity (Wildman–Crippen MR) is 92.9 cm³/mol. The Morgan fingerprint density at radius 2 is 1.96 bits per heavy atom. The molecule has 2 heterocycles. The van der Waals surface area contributed by atoms with Gasteiger partial charge in [-0.15, -0.1) is 0 Å². The topological polar surface area (TPSA) is 162 Å². The molecule has 1 aromatic rings. The molecule has 1 aromatic carbocycles. The zero-order chi connectivity index (χ0) is 20.5. The zero-order valence-corrected chi connectivity index (χ0v) is 15.4. The number of fused-ring (bicyclic) bond motifs is 1. The van der Waals surface area contributed by atoms with Crippen LogP contribution in [0.4, 0.5) is 4.79 Å². The summed E-state index contributed by atoms with van der Waals surface area (Å²) in [5, 5.41) is 18.2. The summed E-state index contributed by atoms with van der Waals surface area (Å²) < 4.78 is 25.6. The van der Waals surface area contributed by atoms with Crippen LogP contribution in [0.3, 0.4) is 0 Å². The van der Waals surface area contributed by atoms with Gasteiger partial charge in [-0.2, -0.15) is 0 Å². The Morgan fingerprint density at radius 3 is 2.54 bits per heavy atom. The minimum Gasteiger partial charge on any atom is -0.481 e. The van der Waals surface area contributed by atoms with Crippen molar-refractivity contribution >= 4 is 27.7 Å². The summed E-state index contributed by atoms with van der Waals surface area (Å²) in [5.41, 5.74) is 0.453. The zero-order valence-electron chi connectivity index (χ0n) is 14.6. The molecule has 152 valence electrons. The number of aliphatic carboxylic acids is 1. The normalized spacial score (nSPS) is 28.0. The number of aliphatic hydroxyl groups excluding tert-OH is 1. The highest BCUT2D eigenvalue weighted by Crippen LogP contribution is 2.41. The standard InChI is InChI=1S/C16H19N3O8S/c20-9-16(14(22)23)8-19-11(21)6-12(19)28(25,26)13(16)17-15(24)18-27-7-10-4-2-1-3-5-10/h1-5,12-13,20H,6-9H2,(H,22,23)(H2,17,18,24)/t12-,13?,16?/m1/s1. The Hall–Kier alpha value is -2.70. The van der Waals surface area contributed by atoms with Crippen LogP contribution < -0.4 is 10.8 Å². The fourth-order valence-corrected chi connectivity index (χ4v) is 5.66. The number of carbonyl (C=O) groups is 3. The monoisotopic (exact) mass is 413 g/mol. The van der Waals surface area contributed by atoms with E-state index in [0.29, 0.717) is 0 Å². The number of benzene rings is 1. The van der Waals surface area contributed by atoms with Crippen molar-refractivity contribution in [1.82, 2.24) is 15.7 Å². The largest absolute Gasteiger partial charge is 0.481 e. The van der Waals surface area contributed by atoms with E-state index in [0.717, 1.165) is 10.5 Å². The van der Waals surface area contributed by atoms with Crippen molar-refractivity contribution in [2.24, 2.45) is 5.41 Å². The molecule has 3 rings (SSSR count). The molecular formula is C16H19N3O8S. The summed E-state index contributed by atoms with van der Waals surface area (Å²) in [5.74, 6) is -2.17. The Balaban J connectivity index is 1.74. The maximum atomic E-state index is 12.8. The first-order valence-corrected chi connectivity index (χ1v) is 9.92. The quantitative estimate of drug-likeness (QED) is 0.334. The first-order valence-electron chi connectivity index (χ1n) is 8.31. The van der Waals surface area contributed by atoms with Crippen molar-refractivity contribution in [1.29, 1.82) is 0 Å². The molecule has 3 atom stereocenters. The number of carboxylic acid groups (broad SMARTS) is 1. The number of hydroxylamine groups is 1. The third-order valence-electron chi connectivity index (χ3n) is 4.90. The van der Waals surface area contributed by atoms with Crippen LogP contribution in [0.1, 0.15) is 12.0 Å². The van der Waals surface area contributed by atoms with Crippen LogP contribution in [0.5, 0.6) is 0 Å². The molecule has 28 heavy (non-hydrogen) atoms. The van der Waals surface area contributed by atoms with Crippen LogP contribution >= 0.6 is 0 Å². The van der Waals surface area contributed by atoms with Gasteiger partial charge in [0.2, 0.25) is 5.91 Å². The highest BCUT2D eigenvalue weighted by atomic mass is 32.2. The number of aliphatic hydroxyl groups is 1. The van der Waals surface area contributed by atoms with Crippen molar-refractivity contribution in [3.05, 3.63) is 35.9 Å². The molecule has 0 radical (unpaired) electrons. The summed E-state index contributed by atoms with van der Waals surface area (Å²) in [6, 6.07) is 7.74.